The van der Waals surface area contributed by atoms with Gasteiger partial charge in [-0.05, 0) is 31.1 Å². The maximum absolute atomic E-state index is 12.6. The van der Waals surface area contributed by atoms with Gasteiger partial charge in [0.05, 0.1) is 0 Å². The Morgan fingerprint density at radius 3 is 2.50 bits per heavy atom. The molecule has 104 valence electrons. The van der Waals surface area contributed by atoms with E-state index in [1.165, 1.54) is 0 Å². The van der Waals surface area contributed by atoms with Gasteiger partial charge >= 0.3 is 0 Å². The largest absolute Gasteiger partial charge is 0.317 e. The first-order valence-electron chi connectivity index (χ1n) is 7.49. The van der Waals surface area contributed by atoms with E-state index in [0.29, 0.717) is 5.91 Å². The molecule has 1 saturated heterocycles. The van der Waals surface area contributed by atoms with Gasteiger partial charge in [-0.2, -0.15) is 0 Å². The third-order valence-electron chi connectivity index (χ3n) is 4.59. The van der Waals surface area contributed by atoms with Crippen molar-refractivity contribution in [3.8, 4) is 0 Å². The van der Waals surface area contributed by atoms with Crippen LogP contribution in [-0.4, -0.2) is 17.4 Å². The van der Waals surface area contributed by atoms with Gasteiger partial charge in [0, 0.05) is 18.2 Å². The van der Waals surface area contributed by atoms with Crippen LogP contribution in [0.25, 0.3) is 0 Å². The fraction of sp³-hybridized carbons (Fsp3) is 0.812. The second-order valence-electron chi connectivity index (χ2n) is 5.92. The first-order valence-corrected chi connectivity index (χ1v) is 7.49. The van der Waals surface area contributed by atoms with Crippen LogP contribution < -0.4 is 0 Å². The SMILES string of the molecule is C=C1CC(C(C)(CC)CCC)C(=O)N1CCCC. The summed E-state index contributed by atoms with van der Waals surface area (Å²) in [6.07, 6.45) is 6.43. The lowest BCUT2D eigenvalue weighted by molar-refractivity contribution is -0.134. The molecule has 1 aliphatic rings. The number of carbonyl (C=O) groups excluding carboxylic acids is 1. The maximum atomic E-state index is 12.6. The highest BCUT2D eigenvalue weighted by atomic mass is 16.2. The zero-order valence-corrected chi connectivity index (χ0v) is 12.6. The molecule has 0 spiro atoms. The molecule has 0 saturated carbocycles. The van der Waals surface area contributed by atoms with Gasteiger partial charge in [-0.15, -0.1) is 0 Å². The number of amides is 1. The summed E-state index contributed by atoms with van der Waals surface area (Å²) in [5, 5.41) is 0. The molecule has 1 rings (SSSR count). The maximum Gasteiger partial charge on any atom is 0.230 e. The molecule has 1 aliphatic heterocycles. The average Bonchev–Trinajstić information content (AvgIpc) is 2.63. The molecule has 2 heteroatoms. The van der Waals surface area contributed by atoms with Gasteiger partial charge in [0.2, 0.25) is 5.91 Å². The Bertz CT molecular complexity index is 310. The molecular weight excluding hydrogens is 222 g/mol. The monoisotopic (exact) mass is 251 g/mol. The van der Waals surface area contributed by atoms with E-state index in [4.69, 9.17) is 0 Å². The second-order valence-corrected chi connectivity index (χ2v) is 5.92. The van der Waals surface area contributed by atoms with Gasteiger partial charge in [-0.25, -0.2) is 0 Å². The minimum absolute atomic E-state index is 0.149. The first kappa shape index (κ1) is 15.3. The van der Waals surface area contributed by atoms with E-state index < -0.39 is 0 Å². The van der Waals surface area contributed by atoms with E-state index in [2.05, 4.69) is 34.3 Å². The standard InChI is InChI=1S/C16H29NO/c1-6-9-11-17-13(4)12-14(15(17)18)16(5,8-3)10-7-2/h14H,4,6-12H2,1-3,5H3. The zero-order valence-electron chi connectivity index (χ0n) is 12.6. The van der Waals surface area contributed by atoms with Crippen LogP contribution in [0.2, 0.25) is 0 Å². The quantitative estimate of drug-likeness (QED) is 0.658. The fourth-order valence-corrected chi connectivity index (χ4v) is 3.07. The number of hydrogen-bond donors (Lipinski definition) is 0. The van der Waals surface area contributed by atoms with E-state index in [0.717, 1.165) is 50.8 Å². The minimum atomic E-state index is 0.149. The van der Waals surface area contributed by atoms with Crippen molar-refractivity contribution < 1.29 is 4.79 Å². The van der Waals surface area contributed by atoms with Crippen LogP contribution >= 0.6 is 0 Å². The van der Waals surface area contributed by atoms with Crippen molar-refractivity contribution in [3.63, 3.8) is 0 Å². The lowest BCUT2D eigenvalue weighted by Crippen LogP contribution is -2.35. The molecule has 2 unspecified atom stereocenters. The van der Waals surface area contributed by atoms with Crippen molar-refractivity contribution in [1.29, 1.82) is 0 Å². The predicted molar refractivity (Wildman–Crippen MR) is 77.2 cm³/mol. The van der Waals surface area contributed by atoms with Crippen molar-refractivity contribution in [2.75, 3.05) is 6.54 Å². The summed E-state index contributed by atoms with van der Waals surface area (Å²) in [4.78, 5) is 14.5. The minimum Gasteiger partial charge on any atom is -0.317 e. The van der Waals surface area contributed by atoms with E-state index >= 15 is 0 Å². The molecule has 18 heavy (non-hydrogen) atoms. The van der Waals surface area contributed by atoms with Crippen molar-refractivity contribution in [1.82, 2.24) is 4.90 Å². The van der Waals surface area contributed by atoms with E-state index in [1.54, 1.807) is 0 Å². The van der Waals surface area contributed by atoms with E-state index in [9.17, 15) is 4.79 Å². The van der Waals surface area contributed by atoms with E-state index in [-0.39, 0.29) is 11.3 Å². The van der Waals surface area contributed by atoms with Crippen LogP contribution in [0, 0.1) is 11.3 Å². The number of hydrogen-bond acceptors (Lipinski definition) is 1. The van der Waals surface area contributed by atoms with Gasteiger partial charge in [0.15, 0.2) is 0 Å². The van der Waals surface area contributed by atoms with E-state index in [1.807, 2.05) is 4.90 Å². The van der Waals surface area contributed by atoms with Crippen molar-refractivity contribution in [2.45, 2.75) is 66.2 Å². The summed E-state index contributed by atoms with van der Waals surface area (Å²) < 4.78 is 0. The normalized spacial score (nSPS) is 23.6. The Morgan fingerprint density at radius 1 is 1.33 bits per heavy atom. The molecule has 0 radical (unpaired) electrons. The highest BCUT2D eigenvalue weighted by molar-refractivity contribution is 5.84. The number of nitrogens with zero attached hydrogens (tertiary/aromatic N) is 1. The van der Waals surface area contributed by atoms with Crippen LogP contribution in [0.1, 0.15) is 66.2 Å². The molecule has 0 aromatic carbocycles. The molecule has 1 fully saturated rings. The first-order chi connectivity index (χ1) is 8.50. The smallest absolute Gasteiger partial charge is 0.230 e. The topological polar surface area (TPSA) is 20.3 Å². The van der Waals surface area contributed by atoms with Crippen molar-refractivity contribution in [2.24, 2.45) is 11.3 Å². The average molecular weight is 251 g/mol. The van der Waals surface area contributed by atoms with Gasteiger partial charge in [0.1, 0.15) is 0 Å². The molecule has 0 bridgehead atoms. The third kappa shape index (κ3) is 2.96. The Balaban J connectivity index is 2.80. The number of likely N-dealkylation sites (tertiary alicyclic amines) is 1. The van der Waals surface area contributed by atoms with Crippen LogP contribution in [-0.2, 0) is 4.79 Å². The molecule has 2 nitrogen and oxygen atoms in total. The van der Waals surface area contributed by atoms with Crippen LogP contribution in [0.4, 0.5) is 0 Å². The molecule has 0 aliphatic carbocycles. The van der Waals surface area contributed by atoms with Gasteiger partial charge in [-0.1, -0.05) is 47.1 Å². The molecule has 0 aromatic rings. The number of allylic oxidation sites excluding steroid dienone is 1. The molecular formula is C16H29NO. The third-order valence-corrected chi connectivity index (χ3v) is 4.59. The van der Waals surface area contributed by atoms with Crippen molar-refractivity contribution >= 4 is 5.91 Å². The zero-order chi connectivity index (χ0) is 13.8. The van der Waals surface area contributed by atoms with Gasteiger partial charge < -0.3 is 4.90 Å². The Labute approximate surface area is 112 Å². The second kappa shape index (κ2) is 6.40. The van der Waals surface area contributed by atoms with Crippen LogP contribution in [0.15, 0.2) is 12.3 Å². The summed E-state index contributed by atoms with van der Waals surface area (Å²) in [5.74, 6) is 0.484. The summed E-state index contributed by atoms with van der Waals surface area (Å²) in [6, 6.07) is 0. The summed E-state index contributed by atoms with van der Waals surface area (Å²) in [7, 11) is 0. The fourth-order valence-electron chi connectivity index (χ4n) is 3.07. The Morgan fingerprint density at radius 2 is 2.00 bits per heavy atom. The summed E-state index contributed by atoms with van der Waals surface area (Å²) >= 11 is 0. The van der Waals surface area contributed by atoms with Gasteiger partial charge in [-0.3, -0.25) is 4.79 Å². The van der Waals surface area contributed by atoms with Gasteiger partial charge in [0.25, 0.3) is 0 Å². The molecule has 2 atom stereocenters. The van der Waals surface area contributed by atoms with Crippen LogP contribution in [0.3, 0.4) is 0 Å². The summed E-state index contributed by atoms with van der Waals surface area (Å²) in [5.41, 5.74) is 1.18. The molecule has 1 heterocycles. The number of carbonyl (C=O) groups is 1. The molecule has 0 N–H and O–H groups in total. The lowest BCUT2D eigenvalue weighted by atomic mass is 9.71. The Hall–Kier alpha value is -0.790. The summed E-state index contributed by atoms with van der Waals surface area (Å²) in [6.45, 7) is 13.8. The Kier molecular flexibility index (Phi) is 5.43. The van der Waals surface area contributed by atoms with Crippen molar-refractivity contribution in [3.05, 3.63) is 12.3 Å². The lowest BCUT2D eigenvalue weighted by Gasteiger charge is -2.33. The number of rotatable bonds is 7. The molecule has 1 amide bonds. The highest BCUT2D eigenvalue weighted by Crippen LogP contribution is 2.44. The molecule has 0 aromatic heterocycles. The highest BCUT2D eigenvalue weighted by Gasteiger charge is 2.44. The predicted octanol–water partition coefficient (Wildman–Crippen LogP) is 4.37. The van der Waals surface area contributed by atoms with Crippen LogP contribution in [0.5, 0.6) is 0 Å². The number of unbranched alkanes of at least 4 members (excludes halogenated alkanes) is 1.